The van der Waals surface area contributed by atoms with E-state index in [-0.39, 0.29) is 0 Å². The lowest BCUT2D eigenvalue weighted by atomic mass is 10.1. The number of phosphoric ester groups is 1. The highest BCUT2D eigenvalue weighted by molar-refractivity contribution is 7.46. The average molecular weight is 423 g/mol. The third-order valence-corrected chi connectivity index (χ3v) is 5.02. The van der Waals surface area contributed by atoms with Crippen LogP contribution in [-0.4, -0.2) is 64.4 Å². The zero-order chi connectivity index (χ0) is 20.8. The van der Waals surface area contributed by atoms with Gasteiger partial charge in [0.05, 0.1) is 12.9 Å². The second-order valence-corrected chi connectivity index (χ2v) is 7.74. The Morgan fingerprint density at radius 2 is 2.00 bits per heavy atom. The van der Waals surface area contributed by atoms with E-state index < -0.39 is 39.0 Å². The van der Waals surface area contributed by atoms with Gasteiger partial charge in [-0.05, 0) is 12.1 Å². The number of hydrogen-bond acceptors (Lipinski definition) is 9. The van der Waals surface area contributed by atoms with Gasteiger partial charge in [0.2, 0.25) is 0 Å². The van der Waals surface area contributed by atoms with Gasteiger partial charge in [0.25, 0.3) is 0 Å². The van der Waals surface area contributed by atoms with E-state index in [0.29, 0.717) is 22.5 Å². The summed E-state index contributed by atoms with van der Waals surface area (Å²) in [6.45, 7) is -0.602. The molecule has 3 aromatic rings. The van der Waals surface area contributed by atoms with Gasteiger partial charge >= 0.3 is 7.82 Å². The number of aliphatic hydroxyl groups is 2. The minimum Gasteiger partial charge on any atom is -0.399 e. The number of imidazole rings is 1. The van der Waals surface area contributed by atoms with E-state index in [1.54, 1.807) is 18.2 Å². The van der Waals surface area contributed by atoms with Gasteiger partial charge in [-0.2, -0.15) is 0 Å². The van der Waals surface area contributed by atoms with Gasteiger partial charge in [-0.15, -0.1) is 0 Å². The summed E-state index contributed by atoms with van der Waals surface area (Å²) in [4.78, 5) is 30.4. The first-order valence-electron chi connectivity index (χ1n) is 8.50. The zero-order valence-corrected chi connectivity index (χ0v) is 15.7. The van der Waals surface area contributed by atoms with Crippen molar-refractivity contribution in [3.05, 3.63) is 36.9 Å². The maximum Gasteiger partial charge on any atom is 0.469 e. The predicted molar refractivity (Wildman–Crippen MR) is 99.1 cm³/mol. The second-order valence-electron chi connectivity index (χ2n) is 6.50. The number of rotatable bonds is 5. The molecule has 0 spiro atoms. The van der Waals surface area contributed by atoms with E-state index >= 15 is 0 Å². The third kappa shape index (κ3) is 3.87. The van der Waals surface area contributed by atoms with Crippen LogP contribution in [0.2, 0.25) is 0 Å². The van der Waals surface area contributed by atoms with Crippen LogP contribution in [0.15, 0.2) is 36.9 Å². The molecule has 1 fully saturated rings. The van der Waals surface area contributed by atoms with E-state index in [0.717, 1.165) is 5.56 Å². The van der Waals surface area contributed by atoms with Crippen LogP contribution in [0.5, 0.6) is 0 Å². The van der Waals surface area contributed by atoms with E-state index in [1.165, 1.54) is 17.2 Å². The highest BCUT2D eigenvalue weighted by Crippen LogP contribution is 2.39. The lowest BCUT2D eigenvalue weighted by Crippen LogP contribution is -2.33. The molecule has 1 aliphatic rings. The third-order valence-electron chi connectivity index (χ3n) is 4.54. The number of anilines is 1. The van der Waals surface area contributed by atoms with Gasteiger partial charge in [0.15, 0.2) is 11.9 Å². The number of benzene rings is 1. The van der Waals surface area contributed by atoms with Gasteiger partial charge in [0.1, 0.15) is 35.8 Å². The number of phosphoric acid groups is 1. The van der Waals surface area contributed by atoms with Crippen LogP contribution in [0.3, 0.4) is 0 Å². The van der Waals surface area contributed by atoms with Crippen molar-refractivity contribution < 1.29 is 33.8 Å². The maximum absolute atomic E-state index is 10.9. The Morgan fingerprint density at radius 1 is 1.21 bits per heavy atom. The first-order valence-corrected chi connectivity index (χ1v) is 10.0. The topological polar surface area (TPSA) is 186 Å². The molecule has 1 aliphatic heterocycles. The first-order chi connectivity index (χ1) is 13.7. The molecule has 12 nitrogen and oxygen atoms in total. The molecule has 0 unspecified atom stereocenters. The van der Waals surface area contributed by atoms with E-state index in [9.17, 15) is 14.8 Å². The fraction of sp³-hybridized carbons (Fsp3) is 0.312. The molecule has 6 N–H and O–H groups in total. The monoisotopic (exact) mass is 423 g/mol. The number of aromatic nitrogens is 4. The molecule has 1 aromatic carbocycles. The fourth-order valence-corrected chi connectivity index (χ4v) is 3.54. The molecule has 4 atom stereocenters. The standard InChI is InChI=1S/C16H18N5O7P/c17-9-3-1-2-8(4-9)11-12-15(19-6-18-11)21(7-20-12)16-14(23)13(22)10(28-16)5-27-29(24,25)26/h1-4,6-7,10,13-14,16,22-23H,5,17H2,(H2,24,25,26)/t10-,13+,14-,16-/m1/s1. The summed E-state index contributed by atoms with van der Waals surface area (Å²) in [7, 11) is -4.75. The molecule has 0 saturated carbocycles. The van der Waals surface area contributed by atoms with Gasteiger partial charge < -0.3 is 30.5 Å². The number of fused-ring (bicyclic) bond motifs is 1. The molecule has 0 bridgehead atoms. The Hall–Kier alpha value is -2.44. The van der Waals surface area contributed by atoms with Crippen molar-refractivity contribution in [3.8, 4) is 11.3 Å². The Labute approximate surface area is 163 Å². The molecule has 3 heterocycles. The highest BCUT2D eigenvalue weighted by atomic mass is 31.2. The molecule has 1 saturated heterocycles. The lowest BCUT2D eigenvalue weighted by Gasteiger charge is -2.16. The van der Waals surface area contributed by atoms with Gasteiger partial charge in [0, 0.05) is 11.3 Å². The fourth-order valence-electron chi connectivity index (χ4n) is 3.20. The zero-order valence-electron chi connectivity index (χ0n) is 14.8. The first kappa shape index (κ1) is 19.9. The summed E-state index contributed by atoms with van der Waals surface area (Å²) < 4.78 is 22.3. The molecule has 2 aromatic heterocycles. The number of aliphatic hydroxyl groups excluding tert-OH is 2. The van der Waals surface area contributed by atoms with Crippen LogP contribution in [0.1, 0.15) is 6.23 Å². The van der Waals surface area contributed by atoms with Crippen molar-refractivity contribution in [1.82, 2.24) is 19.5 Å². The Kier molecular flexibility index (Phi) is 5.09. The van der Waals surface area contributed by atoms with E-state index in [1.807, 2.05) is 6.07 Å². The van der Waals surface area contributed by atoms with Crippen molar-refractivity contribution >= 4 is 24.7 Å². The molecule has 4 rings (SSSR count). The molecule has 154 valence electrons. The maximum atomic E-state index is 10.9. The van der Waals surface area contributed by atoms with Crippen LogP contribution >= 0.6 is 7.82 Å². The van der Waals surface area contributed by atoms with Crippen LogP contribution in [0.25, 0.3) is 22.4 Å². The van der Waals surface area contributed by atoms with Crippen LogP contribution in [0, 0.1) is 0 Å². The van der Waals surface area contributed by atoms with Crippen molar-refractivity contribution in [1.29, 1.82) is 0 Å². The van der Waals surface area contributed by atoms with Gasteiger partial charge in [-0.3, -0.25) is 9.09 Å². The average Bonchev–Trinajstić information content (AvgIpc) is 3.21. The second kappa shape index (κ2) is 7.43. The molecular formula is C16H18N5O7P. The normalized spacial score (nSPS) is 25.0. The number of nitrogens with two attached hydrogens (primary N) is 1. The Morgan fingerprint density at radius 3 is 2.72 bits per heavy atom. The summed E-state index contributed by atoms with van der Waals surface area (Å²) in [5, 5.41) is 20.5. The van der Waals surface area contributed by atoms with E-state index in [2.05, 4.69) is 19.5 Å². The lowest BCUT2D eigenvalue weighted by molar-refractivity contribution is -0.0504. The van der Waals surface area contributed by atoms with Crippen molar-refractivity contribution in [2.24, 2.45) is 0 Å². The number of ether oxygens (including phenoxy) is 1. The molecule has 29 heavy (non-hydrogen) atoms. The summed E-state index contributed by atoms with van der Waals surface area (Å²) >= 11 is 0. The van der Waals surface area contributed by atoms with Gasteiger partial charge in [-0.1, -0.05) is 12.1 Å². The molecule has 13 heteroatoms. The SMILES string of the molecule is Nc1cccc(-c2ncnc3c2ncn3[C@@H]2O[C@H](COP(=O)(O)O)[C@H](O)[C@H]2O)c1. The van der Waals surface area contributed by atoms with Crippen molar-refractivity contribution in [3.63, 3.8) is 0 Å². The van der Waals surface area contributed by atoms with Crippen LogP contribution < -0.4 is 5.73 Å². The molecule has 0 amide bonds. The molecule has 0 radical (unpaired) electrons. The van der Waals surface area contributed by atoms with Crippen LogP contribution in [-0.2, 0) is 13.8 Å². The summed E-state index contributed by atoms with van der Waals surface area (Å²) in [5.74, 6) is 0. The van der Waals surface area contributed by atoms with Crippen molar-refractivity contribution in [2.45, 2.75) is 24.5 Å². The largest absolute Gasteiger partial charge is 0.469 e. The van der Waals surface area contributed by atoms with E-state index in [4.69, 9.17) is 20.3 Å². The van der Waals surface area contributed by atoms with Crippen LogP contribution in [0.4, 0.5) is 5.69 Å². The van der Waals surface area contributed by atoms with Gasteiger partial charge in [-0.25, -0.2) is 19.5 Å². The predicted octanol–water partition coefficient (Wildman–Crippen LogP) is -0.196. The summed E-state index contributed by atoms with van der Waals surface area (Å²) in [5.41, 5.74) is 8.41. The summed E-state index contributed by atoms with van der Waals surface area (Å²) in [6, 6.07) is 7.07. The Bertz CT molecular complexity index is 1090. The Balaban J connectivity index is 1.67. The van der Waals surface area contributed by atoms with Crippen molar-refractivity contribution in [2.75, 3.05) is 12.3 Å². The molecular weight excluding hydrogens is 405 g/mol. The summed E-state index contributed by atoms with van der Waals surface area (Å²) in [6.07, 6.45) is -2.38. The highest BCUT2D eigenvalue weighted by Gasteiger charge is 2.45. The minimum absolute atomic E-state index is 0.338. The number of hydrogen-bond donors (Lipinski definition) is 5. The molecule has 0 aliphatic carbocycles. The quantitative estimate of drug-likeness (QED) is 0.270. The minimum atomic E-state index is -4.75. The smallest absolute Gasteiger partial charge is 0.399 e. The number of nitrogens with zero attached hydrogens (tertiary/aromatic N) is 4. The number of nitrogen functional groups attached to an aromatic ring is 1.